The van der Waals surface area contributed by atoms with Crippen molar-refractivity contribution >= 4 is 28.4 Å². The van der Waals surface area contributed by atoms with Crippen LogP contribution in [0.4, 0.5) is 11.4 Å². The molecule has 2 N–H and O–H groups in total. The number of anilines is 2. The van der Waals surface area contributed by atoms with E-state index in [1.165, 1.54) is 13.3 Å². The first-order chi connectivity index (χ1) is 15.6. The lowest BCUT2D eigenvalue weighted by Crippen LogP contribution is -2.14. The van der Waals surface area contributed by atoms with Crippen molar-refractivity contribution in [2.75, 3.05) is 12.4 Å². The molecule has 0 aliphatic heterocycles. The highest BCUT2D eigenvalue weighted by Gasteiger charge is 2.24. The first-order valence-corrected chi connectivity index (χ1v) is 10.5. The summed E-state index contributed by atoms with van der Waals surface area (Å²) >= 11 is 0. The van der Waals surface area contributed by atoms with Gasteiger partial charge in [0, 0.05) is 11.9 Å². The van der Waals surface area contributed by atoms with E-state index < -0.39 is 5.97 Å². The van der Waals surface area contributed by atoms with Crippen LogP contribution in [0.5, 0.6) is 5.88 Å². The van der Waals surface area contributed by atoms with Crippen LogP contribution in [0.15, 0.2) is 41.1 Å². The number of benzene rings is 1. The molecule has 4 rings (SSSR count). The van der Waals surface area contributed by atoms with Gasteiger partial charge in [-0.1, -0.05) is 44.1 Å². The van der Waals surface area contributed by atoms with Crippen LogP contribution in [0.3, 0.4) is 0 Å². The second-order valence-corrected chi connectivity index (χ2v) is 8.88. The molecular formula is C25H26N4O4. The highest BCUT2D eigenvalue weighted by atomic mass is 16.5. The van der Waals surface area contributed by atoms with E-state index >= 15 is 0 Å². The number of ether oxygens (including phenoxy) is 1. The van der Waals surface area contributed by atoms with E-state index in [1.807, 2.05) is 44.2 Å². The molecule has 33 heavy (non-hydrogen) atoms. The van der Waals surface area contributed by atoms with Crippen LogP contribution in [-0.4, -0.2) is 33.3 Å². The van der Waals surface area contributed by atoms with Crippen LogP contribution >= 0.6 is 0 Å². The predicted molar refractivity (Wildman–Crippen MR) is 126 cm³/mol. The number of carbonyl (C=O) groups is 1. The van der Waals surface area contributed by atoms with E-state index in [0.29, 0.717) is 39.6 Å². The van der Waals surface area contributed by atoms with Gasteiger partial charge in [0.15, 0.2) is 0 Å². The summed E-state index contributed by atoms with van der Waals surface area (Å²) in [7, 11) is 1.52. The highest BCUT2D eigenvalue weighted by molar-refractivity contribution is 6.05. The second kappa shape index (κ2) is 8.20. The molecule has 4 aromatic rings. The maximum atomic E-state index is 12.1. The third kappa shape index (κ3) is 4.00. The average Bonchev–Trinajstić information content (AvgIpc) is 3.10. The maximum absolute atomic E-state index is 12.1. The molecule has 3 heterocycles. The van der Waals surface area contributed by atoms with E-state index in [4.69, 9.17) is 9.26 Å². The summed E-state index contributed by atoms with van der Waals surface area (Å²) in [6.07, 6.45) is 1.35. The number of rotatable bonds is 5. The predicted octanol–water partition coefficient (Wildman–Crippen LogP) is 5.65. The van der Waals surface area contributed by atoms with Gasteiger partial charge in [-0.15, -0.1) is 0 Å². The fourth-order valence-corrected chi connectivity index (χ4v) is 3.97. The van der Waals surface area contributed by atoms with Gasteiger partial charge in [-0.2, -0.15) is 0 Å². The van der Waals surface area contributed by atoms with Crippen LogP contribution in [0, 0.1) is 13.8 Å². The van der Waals surface area contributed by atoms with Crippen LogP contribution in [0.1, 0.15) is 48.1 Å². The lowest BCUT2D eigenvalue weighted by atomic mass is 9.85. The lowest BCUT2D eigenvalue weighted by Gasteiger charge is -2.24. The van der Waals surface area contributed by atoms with Gasteiger partial charge >= 0.3 is 5.97 Å². The Morgan fingerprint density at radius 3 is 2.52 bits per heavy atom. The quantitative estimate of drug-likeness (QED) is 0.405. The van der Waals surface area contributed by atoms with Gasteiger partial charge in [0.1, 0.15) is 16.8 Å². The van der Waals surface area contributed by atoms with Crippen molar-refractivity contribution in [1.29, 1.82) is 0 Å². The fourth-order valence-electron chi connectivity index (χ4n) is 3.97. The summed E-state index contributed by atoms with van der Waals surface area (Å²) in [4.78, 5) is 21.1. The number of fused-ring (bicyclic) bond motifs is 1. The van der Waals surface area contributed by atoms with Crippen molar-refractivity contribution in [2.45, 2.75) is 40.0 Å². The largest absolute Gasteiger partial charge is 0.481 e. The zero-order valence-electron chi connectivity index (χ0n) is 19.5. The van der Waals surface area contributed by atoms with Gasteiger partial charge in [0.2, 0.25) is 5.88 Å². The average molecular weight is 447 g/mol. The number of carboxylic acid groups (broad SMARTS) is 1. The van der Waals surface area contributed by atoms with Gasteiger partial charge in [-0.05, 0) is 37.0 Å². The molecule has 3 aromatic heterocycles. The van der Waals surface area contributed by atoms with Gasteiger partial charge in [0.05, 0.1) is 35.1 Å². The molecule has 0 aliphatic carbocycles. The molecule has 0 amide bonds. The van der Waals surface area contributed by atoms with E-state index in [-0.39, 0.29) is 11.0 Å². The number of hydrogen-bond acceptors (Lipinski definition) is 7. The third-order valence-electron chi connectivity index (χ3n) is 5.53. The molecule has 0 spiro atoms. The third-order valence-corrected chi connectivity index (χ3v) is 5.53. The topological polar surface area (TPSA) is 110 Å². The number of aromatic carboxylic acids is 1. The number of nitrogens with one attached hydrogen (secondary N) is 1. The number of aryl methyl sites for hydroxylation is 2. The number of aromatic nitrogens is 3. The minimum atomic E-state index is -1.10. The summed E-state index contributed by atoms with van der Waals surface area (Å²) < 4.78 is 10.9. The van der Waals surface area contributed by atoms with Crippen LogP contribution in [0.2, 0.25) is 0 Å². The minimum absolute atomic E-state index is 0.0193. The number of methoxy groups -OCH3 is 1. The molecule has 8 heteroatoms. The molecule has 0 bridgehead atoms. The summed E-state index contributed by atoms with van der Waals surface area (Å²) in [5, 5.41) is 17.2. The smallest absolute Gasteiger partial charge is 0.339 e. The Labute approximate surface area is 191 Å². The molecule has 8 nitrogen and oxygen atoms in total. The Morgan fingerprint density at radius 1 is 1.18 bits per heavy atom. The van der Waals surface area contributed by atoms with Crippen molar-refractivity contribution in [3.05, 3.63) is 59.1 Å². The molecule has 1 aromatic carbocycles. The Balaban J connectivity index is 1.98. The summed E-state index contributed by atoms with van der Waals surface area (Å²) in [5.74, 6) is -0.143. The summed E-state index contributed by atoms with van der Waals surface area (Å²) in [5.41, 5.74) is 5.14. The SMILES string of the molecule is COc1nc2c(Nc3ccccc3C(C)(C)C)c(C(=O)O)cnc2cc1-c1c(C)noc1C. The normalized spacial score (nSPS) is 11.6. The Hall–Kier alpha value is -3.94. The molecule has 0 atom stereocenters. The molecule has 0 saturated carbocycles. The lowest BCUT2D eigenvalue weighted by molar-refractivity contribution is 0.0697. The van der Waals surface area contributed by atoms with Crippen molar-refractivity contribution in [3.8, 4) is 17.0 Å². The molecule has 0 saturated heterocycles. The Morgan fingerprint density at radius 2 is 1.91 bits per heavy atom. The second-order valence-electron chi connectivity index (χ2n) is 8.88. The van der Waals surface area contributed by atoms with E-state index in [0.717, 1.165) is 16.8 Å². The zero-order chi connectivity index (χ0) is 23.9. The van der Waals surface area contributed by atoms with E-state index in [9.17, 15) is 9.90 Å². The zero-order valence-corrected chi connectivity index (χ0v) is 19.5. The van der Waals surface area contributed by atoms with Crippen molar-refractivity contribution in [2.24, 2.45) is 0 Å². The van der Waals surface area contributed by atoms with Crippen molar-refractivity contribution in [3.63, 3.8) is 0 Å². The molecule has 0 aliphatic rings. The monoisotopic (exact) mass is 446 g/mol. The van der Waals surface area contributed by atoms with Gasteiger partial charge in [0.25, 0.3) is 0 Å². The first-order valence-electron chi connectivity index (χ1n) is 10.5. The molecule has 0 fully saturated rings. The first kappa shape index (κ1) is 22.3. The van der Waals surface area contributed by atoms with Crippen molar-refractivity contribution < 1.29 is 19.2 Å². The molecule has 0 radical (unpaired) electrons. The summed E-state index contributed by atoms with van der Waals surface area (Å²) in [6.45, 7) is 9.97. The van der Waals surface area contributed by atoms with Crippen LogP contribution in [0.25, 0.3) is 22.2 Å². The van der Waals surface area contributed by atoms with E-state index in [1.54, 1.807) is 0 Å². The van der Waals surface area contributed by atoms with Gasteiger partial charge < -0.3 is 19.7 Å². The Bertz CT molecular complexity index is 1350. The molecule has 170 valence electrons. The van der Waals surface area contributed by atoms with E-state index in [2.05, 4.69) is 41.2 Å². The van der Waals surface area contributed by atoms with Gasteiger partial charge in [-0.3, -0.25) is 4.98 Å². The highest BCUT2D eigenvalue weighted by Crippen LogP contribution is 2.39. The maximum Gasteiger partial charge on any atom is 0.339 e. The summed E-state index contributed by atoms with van der Waals surface area (Å²) in [6, 6.07) is 9.64. The number of carboxylic acids is 1. The fraction of sp³-hybridized carbons (Fsp3) is 0.280. The van der Waals surface area contributed by atoms with Crippen molar-refractivity contribution in [1.82, 2.24) is 15.1 Å². The number of para-hydroxylation sites is 1. The standard InChI is InChI=1S/C25H26N4O4/c1-13-20(14(2)33-29-13)15-11-19-22(28-23(15)32-6)21(16(12-26-19)24(30)31)27-18-10-8-7-9-17(18)25(3,4)5/h7-12H,1-6H3,(H,26,27)(H,30,31). The number of nitrogens with zero attached hydrogens (tertiary/aromatic N) is 3. The Kier molecular flexibility index (Phi) is 5.53. The number of pyridine rings is 2. The number of hydrogen-bond donors (Lipinski definition) is 2. The minimum Gasteiger partial charge on any atom is -0.481 e. The molecular weight excluding hydrogens is 420 g/mol. The molecule has 0 unspecified atom stereocenters. The van der Waals surface area contributed by atoms with Crippen LogP contribution in [-0.2, 0) is 5.41 Å². The van der Waals surface area contributed by atoms with Gasteiger partial charge in [-0.25, -0.2) is 9.78 Å². The van der Waals surface area contributed by atoms with Crippen LogP contribution < -0.4 is 10.1 Å².